The highest BCUT2D eigenvalue weighted by Crippen LogP contribution is 2.25. The maximum Gasteiger partial charge on any atom is 0.258 e. The lowest BCUT2D eigenvalue weighted by Crippen LogP contribution is -2.24. The molecule has 0 saturated carbocycles. The number of H-pyrrole nitrogens is 1. The largest absolute Gasteiger partial charge is 0.313 e. The van der Waals surface area contributed by atoms with Crippen LogP contribution in [0.4, 0.5) is 5.69 Å². The number of amides is 1. The molecule has 1 aromatic heterocycles. The quantitative estimate of drug-likeness (QED) is 0.788. The molecule has 3 rings (SSSR count). The number of hydrogen-bond donors (Lipinski definition) is 1. The van der Waals surface area contributed by atoms with Gasteiger partial charge in [-0.1, -0.05) is 0 Å². The van der Waals surface area contributed by atoms with E-state index < -0.39 is 0 Å². The highest BCUT2D eigenvalue weighted by molar-refractivity contribution is 6.24. The van der Waals surface area contributed by atoms with E-state index in [1.165, 1.54) is 6.33 Å². The molecular formula is C12H10ClN3O2. The summed E-state index contributed by atoms with van der Waals surface area (Å²) in [5, 5.41) is 0.307. The summed E-state index contributed by atoms with van der Waals surface area (Å²) in [6.07, 6.45) is 1.70. The third-order valence-electron chi connectivity index (χ3n) is 3.01. The van der Waals surface area contributed by atoms with Gasteiger partial charge in [-0.3, -0.25) is 9.59 Å². The number of carbonyl (C=O) groups is 1. The number of nitrogens with zero attached hydrogens (tertiary/aromatic N) is 2. The van der Waals surface area contributed by atoms with Gasteiger partial charge in [-0.2, -0.15) is 0 Å². The molecule has 92 valence electrons. The average Bonchev–Trinajstić information content (AvgIpc) is 2.69. The minimum Gasteiger partial charge on any atom is -0.313 e. The minimum atomic E-state index is -0.212. The Labute approximate surface area is 107 Å². The standard InChI is InChI=1S/C12H10ClN3O2/c13-7-3-11(17)16(5-7)8-1-2-10-9(4-8)12(18)15-6-14-10/h1-2,4,6-7H,3,5H2,(H,14,15,18). The number of carbonyl (C=O) groups excluding carboxylic acids is 1. The molecule has 1 aliphatic heterocycles. The Morgan fingerprint density at radius 2 is 2.22 bits per heavy atom. The molecule has 1 saturated heterocycles. The normalized spacial score (nSPS) is 19.7. The number of hydrogen-bond acceptors (Lipinski definition) is 3. The second-order valence-electron chi connectivity index (χ2n) is 4.24. The van der Waals surface area contributed by atoms with Gasteiger partial charge in [0.2, 0.25) is 5.91 Å². The van der Waals surface area contributed by atoms with Crippen LogP contribution in [0.1, 0.15) is 6.42 Å². The lowest BCUT2D eigenvalue weighted by Gasteiger charge is -2.15. The van der Waals surface area contributed by atoms with Gasteiger partial charge < -0.3 is 9.88 Å². The Morgan fingerprint density at radius 1 is 1.39 bits per heavy atom. The number of fused-ring (bicyclic) bond motifs is 1. The zero-order valence-electron chi connectivity index (χ0n) is 9.39. The van der Waals surface area contributed by atoms with Crippen LogP contribution in [-0.2, 0) is 4.79 Å². The van der Waals surface area contributed by atoms with Gasteiger partial charge in [0.15, 0.2) is 0 Å². The highest BCUT2D eigenvalue weighted by atomic mass is 35.5. The number of anilines is 1. The first-order valence-electron chi connectivity index (χ1n) is 5.57. The SMILES string of the molecule is O=C1CC(Cl)CN1c1ccc2nc[nH]c(=O)c2c1. The predicted molar refractivity (Wildman–Crippen MR) is 69.0 cm³/mol. The summed E-state index contributed by atoms with van der Waals surface area (Å²) in [4.78, 5) is 31.6. The molecule has 2 heterocycles. The van der Waals surface area contributed by atoms with Crippen molar-refractivity contribution in [1.82, 2.24) is 9.97 Å². The van der Waals surface area contributed by atoms with Crippen LogP contribution in [0.15, 0.2) is 29.3 Å². The van der Waals surface area contributed by atoms with Crippen molar-refractivity contribution in [3.63, 3.8) is 0 Å². The molecule has 0 radical (unpaired) electrons. The van der Waals surface area contributed by atoms with Crippen molar-refractivity contribution in [1.29, 1.82) is 0 Å². The van der Waals surface area contributed by atoms with Crippen molar-refractivity contribution in [2.75, 3.05) is 11.4 Å². The Hall–Kier alpha value is -1.88. The van der Waals surface area contributed by atoms with Crippen LogP contribution >= 0.6 is 11.6 Å². The average molecular weight is 264 g/mol. The zero-order valence-corrected chi connectivity index (χ0v) is 10.1. The van der Waals surface area contributed by atoms with Crippen LogP contribution in [0, 0.1) is 0 Å². The van der Waals surface area contributed by atoms with E-state index in [0.29, 0.717) is 29.6 Å². The van der Waals surface area contributed by atoms with Crippen LogP contribution in [0.25, 0.3) is 10.9 Å². The third kappa shape index (κ3) is 1.76. The fraction of sp³-hybridized carbons (Fsp3) is 0.250. The summed E-state index contributed by atoms with van der Waals surface area (Å²) in [7, 11) is 0. The van der Waals surface area contributed by atoms with E-state index in [2.05, 4.69) is 9.97 Å². The summed E-state index contributed by atoms with van der Waals surface area (Å²) in [5.41, 5.74) is 1.08. The molecule has 1 aromatic carbocycles. The Morgan fingerprint density at radius 3 is 2.94 bits per heavy atom. The van der Waals surface area contributed by atoms with Crippen molar-refractivity contribution < 1.29 is 4.79 Å². The molecule has 1 aliphatic rings. The summed E-state index contributed by atoms with van der Waals surface area (Å²) in [6.45, 7) is 0.476. The molecule has 18 heavy (non-hydrogen) atoms. The number of aromatic amines is 1. The summed E-state index contributed by atoms with van der Waals surface area (Å²) in [5.74, 6) is -0.0188. The van der Waals surface area contributed by atoms with Gasteiger partial charge in [0.1, 0.15) is 0 Å². The first-order chi connectivity index (χ1) is 8.65. The van der Waals surface area contributed by atoms with Gasteiger partial charge in [-0.05, 0) is 18.2 Å². The number of nitrogens with one attached hydrogen (secondary N) is 1. The van der Waals surface area contributed by atoms with Crippen molar-refractivity contribution in [2.45, 2.75) is 11.8 Å². The fourth-order valence-electron chi connectivity index (χ4n) is 2.14. The van der Waals surface area contributed by atoms with Gasteiger partial charge in [-0.25, -0.2) is 4.98 Å². The van der Waals surface area contributed by atoms with E-state index >= 15 is 0 Å². The van der Waals surface area contributed by atoms with Crippen molar-refractivity contribution in [3.05, 3.63) is 34.9 Å². The monoisotopic (exact) mass is 263 g/mol. The maximum absolute atomic E-state index is 11.7. The number of benzene rings is 1. The van der Waals surface area contributed by atoms with E-state index in [0.717, 1.165) is 0 Å². The van der Waals surface area contributed by atoms with E-state index in [4.69, 9.17) is 11.6 Å². The summed E-state index contributed by atoms with van der Waals surface area (Å²) < 4.78 is 0. The molecule has 1 unspecified atom stereocenters. The van der Waals surface area contributed by atoms with Crippen molar-refractivity contribution >= 4 is 34.1 Å². The molecule has 0 spiro atoms. The van der Waals surface area contributed by atoms with E-state index in [1.54, 1.807) is 23.1 Å². The topological polar surface area (TPSA) is 66.1 Å². The molecule has 1 N–H and O–H groups in total. The molecule has 0 bridgehead atoms. The van der Waals surface area contributed by atoms with Gasteiger partial charge in [-0.15, -0.1) is 11.6 Å². The van der Waals surface area contributed by atoms with Gasteiger partial charge >= 0.3 is 0 Å². The van der Waals surface area contributed by atoms with E-state index in [9.17, 15) is 9.59 Å². The van der Waals surface area contributed by atoms with E-state index in [1.807, 2.05) is 0 Å². The second kappa shape index (κ2) is 4.10. The molecular weight excluding hydrogens is 254 g/mol. The second-order valence-corrected chi connectivity index (χ2v) is 4.86. The van der Waals surface area contributed by atoms with E-state index in [-0.39, 0.29) is 16.8 Å². The number of aromatic nitrogens is 2. The van der Waals surface area contributed by atoms with Gasteiger partial charge in [0, 0.05) is 18.7 Å². The number of alkyl halides is 1. The highest BCUT2D eigenvalue weighted by Gasteiger charge is 2.29. The molecule has 5 nitrogen and oxygen atoms in total. The van der Waals surface area contributed by atoms with Crippen molar-refractivity contribution in [3.8, 4) is 0 Å². The molecule has 1 fully saturated rings. The fourth-order valence-corrected chi connectivity index (χ4v) is 2.41. The smallest absolute Gasteiger partial charge is 0.258 e. The van der Waals surface area contributed by atoms with Gasteiger partial charge in [0.05, 0.1) is 22.6 Å². The Balaban J connectivity index is 2.11. The lowest BCUT2D eigenvalue weighted by atomic mass is 10.2. The van der Waals surface area contributed by atoms with Crippen LogP contribution in [0.3, 0.4) is 0 Å². The Bertz CT molecular complexity index is 682. The summed E-state index contributed by atoms with van der Waals surface area (Å²) >= 11 is 5.96. The predicted octanol–water partition coefficient (Wildman–Crippen LogP) is 1.27. The Kier molecular flexibility index (Phi) is 2.56. The van der Waals surface area contributed by atoms with Crippen LogP contribution in [-0.4, -0.2) is 27.8 Å². The first-order valence-corrected chi connectivity index (χ1v) is 6.00. The minimum absolute atomic E-state index is 0.0188. The van der Waals surface area contributed by atoms with Crippen LogP contribution < -0.4 is 10.5 Å². The molecule has 1 amide bonds. The molecule has 6 heteroatoms. The third-order valence-corrected chi connectivity index (χ3v) is 3.31. The molecule has 1 atom stereocenters. The molecule has 0 aliphatic carbocycles. The first kappa shape index (κ1) is 11.2. The molecule has 2 aromatic rings. The maximum atomic E-state index is 11.7. The van der Waals surface area contributed by atoms with Crippen LogP contribution in [0.2, 0.25) is 0 Å². The number of rotatable bonds is 1. The zero-order chi connectivity index (χ0) is 12.7. The van der Waals surface area contributed by atoms with Gasteiger partial charge in [0.25, 0.3) is 5.56 Å². The lowest BCUT2D eigenvalue weighted by molar-refractivity contribution is -0.117. The number of halogens is 1. The van der Waals surface area contributed by atoms with Crippen LogP contribution in [0.5, 0.6) is 0 Å². The summed E-state index contributed by atoms with van der Waals surface area (Å²) in [6, 6.07) is 5.18. The van der Waals surface area contributed by atoms with Crippen molar-refractivity contribution in [2.24, 2.45) is 0 Å².